The third-order valence-electron chi connectivity index (χ3n) is 4.76. The molecule has 1 aromatic carbocycles. The van der Waals surface area contributed by atoms with Crippen molar-refractivity contribution in [3.8, 4) is 0 Å². The Kier molecular flexibility index (Phi) is 6.08. The summed E-state index contributed by atoms with van der Waals surface area (Å²) in [5.74, 6) is 0.467. The first-order valence-corrected chi connectivity index (χ1v) is 10.4. The van der Waals surface area contributed by atoms with Crippen LogP contribution in [0.5, 0.6) is 0 Å². The van der Waals surface area contributed by atoms with Gasteiger partial charge in [0.25, 0.3) is 0 Å². The minimum absolute atomic E-state index is 0.229. The fourth-order valence-corrected chi connectivity index (χ4v) is 4.13. The SMILES string of the molecule is CN(CC1CCC1)S(=O)(=O)c1ccc(NC(=O)NCc2ccncc2)cc1. The lowest BCUT2D eigenvalue weighted by atomic mass is 9.86. The largest absolute Gasteiger partial charge is 0.334 e. The molecule has 0 unspecified atom stereocenters. The number of sulfonamides is 1. The van der Waals surface area contributed by atoms with Gasteiger partial charge in [-0.15, -0.1) is 0 Å². The van der Waals surface area contributed by atoms with Crippen LogP contribution in [0.3, 0.4) is 0 Å². The fraction of sp³-hybridized carbons (Fsp3) is 0.368. The summed E-state index contributed by atoms with van der Waals surface area (Å²) < 4.78 is 26.7. The molecule has 0 spiro atoms. The monoisotopic (exact) mass is 388 g/mol. The van der Waals surface area contributed by atoms with Crippen LogP contribution >= 0.6 is 0 Å². The van der Waals surface area contributed by atoms with Crippen LogP contribution in [-0.4, -0.2) is 37.3 Å². The molecule has 7 nitrogen and oxygen atoms in total. The molecule has 3 rings (SSSR count). The fourth-order valence-electron chi connectivity index (χ4n) is 2.89. The molecule has 0 atom stereocenters. The number of benzene rings is 1. The van der Waals surface area contributed by atoms with E-state index in [4.69, 9.17) is 0 Å². The Morgan fingerprint density at radius 3 is 2.41 bits per heavy atom. The lowest BCUT2D eigenvalue weighted by Crippen LogP contribution is -2.34. The number of hydrogen-bond acceptors (Lipinski definition) is 4. The summed E-state index contributed by atoms with van der Waals surface area (Å²) in [6.45, 7) is 0.937. The quantitative estimate of drug-likeness (QED) is 0.763. The smallest absolute Gasteiger partial charge is 0.319 e. The summed E-state index contributed by atoms with van der Waals surface area (Å²) in [4.78, 5) is 16.1. The van der Waals surface area contributed by atoms with E-state index in [1.54, 1.807) is 31.6 Å². The summed E-state index contributed by atoms with van der Waals surface area (Å²) in [7, 11) is -1.89. The molecule has 1 aliphatic carbocycles. The van der Waals surface area contributed by atoms with E-state index in [0.29, 0.717) is 24.7 Å². The summed E-state index contributed by atoms with van der Waals surface area (Å²) in [6, 6.07) is 9.51. The molecular formula is C19H24N4O3S. The number of aromatic nitrogens is 1. The third-order valence-corrected chi connectivity index (χ3v) is 6.60. The molecule has 144 valence electrons. The number of amides is 2. The molecule has 1 aromatic heterocycles. The van der Waals surface area contributed by atoms with Crippen LogP contribution in [0, 0.1) is 5.92 Å². The van der Waals surface area contributed by atoms with E-state index in [1.807, 2.05) is 12.1 Å². The van der Waals surface area contributed by atoms with Crippen LogP contribution in [0.1, 0.15) is 24.8 Å². The molecular weight excluding hydrogens is 364 g/mol. The van der Waals surface area contributed by atoms with E-state index >= 15 is 0 Å². The van der Waals surface area contributed by atoms with Gasteiger partial charge >= 0.3 is 6.03 Å². The average Bonchev–Trinajstić information content (AvgIpc) is 2.64. The van der Waals surface area contributed by atoms with Gasteiger partial charge in [-0.3, -0.25) is 4.98 Å². The molecule has 1 heterocycles. The topological polar surface area (TPSA) is 91.4 Å². The number of carbonyl (C=O) groups is 1. The molecule has 0 bridgehead atoms. The number of nitrogens with zero attached hydrogens (tertiary/aromatic N) is 2. The molecule has 0 saturated heterocycles. The van der Waals surface area contributed by atoms with Gasteiger partial charge in [0, 0.05) is 38.2 Å². The molecule has 1 fully saturated rings. The first-order chi connectivity index (χ1) is 12.9. The average molecular weight is 388 g/mol. The Balaban J connectivity index is 1.55. The minimum atomic E-state index is -3.50. The summed E-state index contributed by atoms with van der Waals surface area (Å²) in [5.41, 5.74) is 1.47. The zero-order valence-electron chi connectivity index (χ0n) is 15.3. The highest BCUT2D eigenvalue weighted by Crippen LogP contribution is 2.28. The highest BCUT2D eigenvalue weighted by atomic mass is 32.2. The van der Waals surface area contributed by atoms with Crippen molar-refractivity contribution in [3.05, 3.63) is 54.4 Å². The van der Waals surface area contributed by atoms with Crippen molar-refractivity contribution in [2.45, 2.75) is 30.7 Å². The van der Waals surface area contributed by atoms with E-state index in [9.17, 15) is 13.2 Å². The Hall–Kier alpha value is -2.45. The van der Waals surface area contributed by atoms with Crippen LogP contribution in [0.4, 0.5) is 10.5 Å². The molecule has 0 aliphatic heterocycles. The van der Waals surface area contributed by atoms with Crippen molar-refractivity contribution in [2.75, 3.05) is 18.9 Å². The highest BCUT2D eigenvalue weighted by Gasteiger charge is 2.26. The van der Waals surface area contributed by atoms with Gasteiger partial charge in [-0.25, -0.2) is 17.5 Å². The number of rotatable bonds is 7. The normalized spacial score (nSPS) is 14.6. The number of urea groups is 1. The van der Waals surface area contributed by atoms with Crippen LogP contribution in [-0.2, 0) is 16.6 Å². The zero-order chi connectivity index (χ0) is 19.3. The predicted molar refractivity (Wildman–Crippen MR) is 104 cm³/mol. The van der Waals surface area contributed by atoms with Crippen molar-refractivity contribution in [3.63, 3.8) is 0 Å². The lowest BCUT2D eigenvalue weighted by molar-refractivity contribution is 0.251. The van der Waals surface area contributed by atoms with Crippen molar-refractivity contribution >= 4 is 21.7 Å². The second-order valence-electron chi connectivity index (χ2n) is 6.77. The van der Waals surface area contributed by atoms with Gasteiger partial charge in [0.05, 0.1) is 4.90 Å². The van der Waals surface area contributed by atoms with Crippen molar-refractivity contribution in [2.24, 2.45) is 5.92 Å². The van der Waals surface area contributed by atoms with Gasteiger partial charge < -0.3 is 10.6 Å². The number of anilines is 1. The Labute approximate surface area is 159 Å². The number of carbonyl (C=O) groups excluding carboxylic acids is 1. The van der Waals surface area contributed by atoms with Gasteiger partial charge in [-0.05, 0) is 60.7 Å². The number of nitrogens with one attached hydrogen (secondary N) is 2. The van der Waals surface area contributed by atoms with Gasteiger partial charge in [-0.2, -0.15) is 0 Å². The van der Waals surface area contributed by atoms with E-state index in [0.717, 1.165) is 18.4 Å². The summed E-state index contributed by atoms with van der Waals surface area (Å²) in [6.07, 6.45) is 6.70. The first kappa shape index (κ1) is 19.3. The second kappa shape index (κ2) is 8.49. The van der Waals surface area contributed by atoms with E-state index < -0.39 is 10.0 Å². The van der Waals surface area contributed by atoms with E-state index in [2.05, 4.69) is 15.6 Å². The van der Waals surface area contributed by atoms with Crippen LogP contribution in [0.25, 0.3) is 0 Å². The van der Waals surface area contributed by atoms with Gasteiger partial charge in [0.2, 0.25) is 10.0 Å². The molecule has 1 aliphatic rings. The maximum atomic E-state index is 12.6. The van der Waals surface area contributed by atoms with Crippen LogP contribution in [0.2, 0.25) is 0 Å². The third kappa shape index (κ3) is 5.05. The van der Waals surface area contributed by atoms with Gasteiger partial charge in [0.15, 0.2) is 0 Å². The zero-order valence-corrected chi connectivity index (χ0v) is 16.1. The molecule has 8 heteroatoms. The summed E-state index contributed by atoms with van der Waals surface area (Å²) in [5, 5.41) is 5.44. The van der Waals surface area contributed by atoms with Crippen molar-refractivity contribution < 1.29 is 13.2 Å². The van der Waals surface area contributed by atoms with Crippen LogP contribution < -0.4 is 10.6 Å². The molecule has 1 saturated carbocycles. The lowest BCUT2D eigenvalue weighted by Gasteiger charge is -2.29. The Bertz CT molecular complexity index is 866. The standard InChI is InChI=1S/C19H24N4O3S/c1-23(14-16-3-2-4-16)27(25,26)18-7-5-17(6-8-18)22-19(24)21-13-15-9-11-20-12-10-15/h5-12,16H,2-4,13-14H2,1H3,(H2,21,22,24). The van der Waals surface area contributed by atoms with Crippen LogP contribution in [0.15, 0.2) is 53.7 Å². The van der Waals surface area contributed by atoms with Gasteiger partial charge in [0.1, 0.15) is 0 Å². The minimum Gasteiger partial charge on any atom is -0.334 e. The number of hydrogen-bond donors (Lipinski definition) is 2. The Morgan fingerprint density at radius 1 is 1.15 bits per heavy atom. The Morgan fingerprint density at radius 2 is 1.81 bits per heavy atom. The van der Waals surface area contributed by atoms with E-state index in [-0.39, 0.29) is 10.9 Å². The second-order valence-corrected chi connectivity index (χ2v) is 8.81. The molecule has 27 heavy (non-hydrogen) atoms. The summed E-state index contributed by atoms with van der Waals surface area (Å²) >= 11 is 0. The molecule has 2 N–H and O–H groups in total. The number of pyridine rings is 1. The van der Waals surface area contributed by atoms with Crippen molar-refractivity contribution in [1.82, 2.24) is 14.6 Å². The van der Waals surface area contributed by atoms with E-state index in [1.165, 1.54) is 22.9 Å². The maximum absolute atomic E-state index is 12.6. The first-order valence-electron chi connectivity index (χ1n) is 8.95. The van der Waals surface area contributed by atoms with Gasteiger partial charge in [-0.1, -0.05) is 6.42 Å². The highest BCUT2D eigenvalue weighted by molar-refractivity contribution is 7.89. The molecule has 2 amide bonds. The molecule has 0 radical (unpaired) electrons. The predicted octanol–water partition coefficient (Wildman–Crippen LogP) is 2.82. The molecule has 2 aromatic rings. The van der Waals surface area contributed by atoms with Crippen molar-refractivity contribution in [1.29, 1.82) is 0 Å². The maximum Gasteiger partial charge on any atom is 0.319 e.